The standard InChI is InChI=1S/C37H68O12S/c1-3-5-7-9-11-13-14-15-16-18-19-21-23-25-32(38)46-27-30(48-33(39)26-24-22-20-17-12-10-8-6-4-2)28-47-37-36(42)35(41)34(40)31(49-37)29-50(43,44)45/h15-16,30-31,34-37,40-42H,3-14,17-29H2,1-2H3,(H,43,44,45)/b16-15+/t30-,31-,34-,35?,36?,37+/m1/s1. The van der Waals surface area contributed by atoms with E-state index in [1.54, 1.807) is 0 Å². The molecule has 0 aliphatic carbocycles. The van der Waals surface area contributed by atoms with Crippen molar-refractivity contribution in [3.05, 3.63) is 12.2 Å². The Bertz CT molecular complexity index is 1000. The molecule has 50 heavy (non-hydrogen) atoms. The minimum Gasteiger partial charge on any atom is -0.462 e. The fraction of sp³-hybridized carbons (Fsp3) is 0.892. The van der Waals surface area contributed by atoms with Crippen molar-refractivity contribution >= 4 is 22.1 Å². The predicted octanol–water partition coefficient (Wildman–Crippen LogP) is 6.33. The summed E-state index contributed by atoms with van der Waals surface area (Å²) in [6.45, 7) is 3.68. The molecule has 0 radical (unpaired) electrons. The Morgan fingerprint density at radius 1 is 0.660 bits per heavy atom. The van der Waals surface area contributed by atoms with Gasteiger partial charge in [0.15, 0.2) is 12.4 Å². The molecule has 0 amide bonds. The summed E-state index contributed by atoms with van der Waals surface area (Å²) in [5.74, 6) is -2.00. The van der Waals surface area contributed by atoms with E-state index in [4.69, 9.17) is 18.9 Å². The Kier molecular flexibility index (Phi) is 26.8. The van der Waals surface area contributed by atoms with Crippen LogP contribution in [0.3, 0.4) is 0 Å². The molecule has 0 bridgehead atoms. The first-order valence-electron chi connectivity index (χ1n) is 19.2. The van der Waals surface area contributed by atoms with Gasteiger partial charge in [-0.3, -0.25) is 14.1 Å². The van der Waals surface area contributed by atoms with E-state index in [9.17, 15) is 37.9 Å². The highest BCUT2D eigenvalue weighted by atomic mass is 32.2. The van der Waals surface area contributed by atoms with E-state index >= 15 is 0 Å². The number of rotatable bonds is 31. The summed E-state index contributed by atoms with van der Waals surface area (Å²) in [5, 5.41) is 30.7. The van der Waals surface area contributed by atoms with E-state index in [0.29, 0.717) is 12.8 Å². The van der Waals surface area contributed by atoms with Gasteiger partial charge in [-0.2, -0.15) is 8.42 Å². The molecule has 1 fully saturated rings. The van der Waals surface area contributed by atoms with Crippen molar-refractivity contribution in [1.29, 1.82) is 0 Å². The monoisotopic (exact) mass is 736 g/mol. The number of hydrogen-bond donors (Lipinski definition) is 4. The van der Waals surface area contributed by atoms with Crippen LogP contribution in [0.4, 0.5) is 0 Å². The Hall–Kier alpha value is -1.61. The Morgan fingerprint density at radius 2 is 1.14 bits per heavy atom. The normalized spacial score (nSPS) is 21.8. The molecule has 2 unspecified atom stereocenters. The summed E-state index contributed by atoms with van der Waals surface area (Å²) in [4.78, 5) is 25.1. The van der Waals surface area contributed by atoms with Crippen LogP contribution in [0, 0.1) is 0 Å². The van der Waals surface area contributed by atoms with E-state index in [2.05, 4.69) is 26.0 Å². The number of carbonyl (C=O) groups is 2. The molecular weight excluding hydrogens is 668 g/mol. The first-order valence-corrected chi connectivity index (χ1v) is 20.9. The summed E-state index contributed by atoms with van der Waals surface area (Å²) in [6, 6.07) is 0. The molecular formula is C37H68O12S. The molecule has 0 spiro atoms. The Labute approximate surface area is 301 Å². The van der Waals surface area contributed by atoms with Crippen LogP contribution in [-0.4, -0.2) is 96.0 Å². The van der Waals surface area contributed by atoms with Crippen LogP contribution in [0.25, 0.3) is 0 Å². The summed E-state index contributed by atoms with van der Waals surface area (Å²) in [5.41, 5.74) is 0. The zero-order valence-corrected chi connectivity index (χ0v) is 31.6. The lowest BCUT2D eigenvalue weighted by molar-refractivity contribution is -0.297. The third-order valence-electron chi connectivity index (χ3n) is 8.85. The van der Waals surface area contributed by atoms with Crippen LogP contribution in [0.5, 0.6) is 0 Å². The Balaban J connectivity index is 2.53. The van der Waals surface area contributed by atoms with Crippen LogP contribution in [0.2, 0.25) is 0 Å². The molecule has 0 aromatic heterocycles. The van der Waals surface area contributed by atoms with Crippen LogP contribution in [0.15, 0.2) is 12.2 Å². The summed E-state index contributed by atoms with van der Waals surface area (Å²) in [7, 11) is -4.59. The van der Waals surface area contributed by atoms with E-state index in [1.807, 2.05) is 0 Å². The molecule has 13 heteroatoms. The topological polar surface area (TPSA) is 186 Å². The molecule has 4 N–H and O–H groups in total. The Morgan fingerprint density at radius 3 is 1.68 bits per heavy atom. The number of allylic oxidation sites excluding steroid dienone is 2. The quantitative estimate of drug-likeness (QED) is 0.0269. The maximum atomic E-state index is 12.7. The van der Waals surface area contributed by atoms with Gasteiger partial charge in [-0.1, -0.05) is 116 Å². The van der Waals surface area contributed by atoms with Crippen LogP contribution < -0.4 is 0 Å². The minimum atomic E-state index is -4.59. The van der Waals surface area contributed by atoms with Gasteiger partial charge in [0.1, 0.15) is 36.8 Å². The lowest BCUT2D eigenvalue weighted by Crippen LogP contribution is -2.60. The molecule has 1 heterocycles. The lowest BCUT2D eigenvalue weighted by Gasteiger charge is -2.40. The third kappa shape index (κ3) is 23.8. The third-order valence-corrected chi connectivity index (χ3v) is 9.60. The van der Waals surface area contributed by atoms with Gasteiger partial charge in [0.2, 0.25) is 0 Å². The van der Waals surface area contributed by atoms with Gasteiger partial charge in [0.05, 0.1) is 6.61 Å². The zero-order chi connectivity index (χ0) is 37.0. The minimum absolute atomic E-state index is 0.164. The van der Waals surface area contributed by atoms with Gasteiger partial charge < -0.3 is 34.3 Å². The van der Waals surface area contributed by atoms with Crippen molar-refractivity contribution < 1.29 is 56.8 Å². The fourth-order valence-corrected chi connectivity index (χ4v) is 6.48. The fourth-order valence-electron chi connectivity index (χ4n) is 5.79. The van der Waals surface area contributed by atoms with Gasteiger partial charge in [-0.05, 0) is 38.5 Å². The molecule has 1 rings (SSSR count). The summed E-state index contributed by atoms with van der Waals surface area (Å²) < 4.78 is 53.7. The second-order valence-corrected chi connectivity index (χ2v) is 15.1. The number of unbranched alkanes of at least 4 members (excludes halogenated alkanes) is 17. The van der Waals surface area contributed by atoms with Crippen molar-refractivity contribution in [1.82, 2.24) is 0 Å². The number of esters is 2. The van der Waals surface area contributed by atoms with Crippen LogP contribution >= 0.6 is 0 Å². The van der Waals surface area contributed by atoms with Crippen molar-refractivity contribution in [2.45, 2.75) is 192 Å². The van der Waals surface area contributed by atoms with Crippen molar-refractivity contribution in [3.63, 3.8) is 0 Å². The molecule has 1 aliphatic rings. The molecule has 294 valence electrons. The molecule has 1 saturated heterocycles. The molecule has 0 saturated carbocycles. The first-order chi connectivity index (χ1) is 24.0. The predicted molar refractivity (Wildman–Crippen MR) is 192 cm³/mol. The summed E-state index contributed by atoms with van der Waals surface area (Å²) >= 11 is 0. The lowest BCUT2D eigenvalue weighted by atomic mass is 10.00. The van der Waals surface area contributed by atoms with Gasteiger partial charge in [-0.15, -0.1) is 0 Å². The molecule has 12 nitrogen and oxygen atoms in total. The highest BCUT2D eigenvalue weighted by molar-refractivity contribution is 7.85. The molecule has 0 aromatic rings. The second-order valence-electron chi connectivity index (χ2n) is 13.6. The molecule has 0 aromatic carbocycles. The molecule has 1 aliphatic heterocycles. The van der Waals surface area contributed by atoms with Gasteiger partial charge in [0, 0.05) is 12.8 Å². The average Bonchev–Trinajstić information content (AvgIpc) is 3.07. The molecule has 6 atom stereocenters. The first kappa shape index (κ1) is 46.4. The number of aliphatic hydroxyl groups excluding tert-OH is 3. The highest BCUT2D eigenvalue weighted by Crippen LogP contribution is 2.24. The smallest absolute Gasteiger partial charge is 0.306 e. The van der Waals surface area contributed by atoms with E-state index in [-0.39, 0.29) is 19.4 Å². The highest BCUT2D eigenvalue weighted by Gasteiger charge is 2.46. The largest absolute Gasteiger partial charge is 0.462 e. The van der Waals surface area contributed by atoms with E-state index in [0.717, 1.165) is 44.9 Å². The average molecular weight is 737 g/mol. The number of aliphatic hydroxyl groups is 3. The zero-order valence-electron chi connectivity index (χ0n) is 30.8. The van der Waals surface area contributed by atoms with Crippen molar-refractivity contribution in [2.24, 2.45) is 0 Å². The van der Waals surface area contributed by atoms with Crippen molar-refractivity contribution in [3.8, 4) is 0 Å². The van der Waals surface area contributed by atoms with Gasteiger partial charge >= 0.3 is 11.9 Å². The second kappa shape index (κ2) is 28.9. The van der Waals surface area contributed by atoms with Crippen LogP contribution in [0.1, 0.15) is 155 Å². The van der Waals surface area contributed by atoms with Gasteiger partial charge in [0.25, 0.3) is 10.1 Å². The van der Waals surface area contributed by atoms with Crippen LogP contribution in [-0.2, 0) is 38.7 Å². The summed E-state index contributed by atoms with van der Waals surface area (Å²) in [6.07, 6.45) is 17.1. The SMILES string of the molecule is CCCCCCCC/C=C/CCCCCC(=O)OC[C@H](CO[C@H]1O[C@H](CS(=O)(=O)O)[C@@H](O)C(O)C1O)OC(=O)CCCCCCCCCCC. The maximum absolute atomic E-state index is 12.7. The van der Waals surface area contributed by atoms with Crippen molar-refractivity contribution in [2.75, 3.05) is 19.0 Å². The number of ether oxygens (including phenoxy) is 4. The van der Waals surface area contributed by atoms with Gasteiger partial charge in [-0.25, -0.2) is 0 Å². The van der Waals surface area contributed by atoms with E-state index < -0.39 is 71.2 Å². The van der Waals surface area contributed by atoms with E-state index in [1.165, 1.54) is 70.6 Å². The maximum Gasteiger partial charge on any atom is 0.306 e. The number of hydrogen-bond acceptors (Lipinski definition) is 11. The number of carbonyl (C=O) groups excluding carboxylic acids is 2.